The first kappa shape index (κ1) is 13.9. The van der Waals surface area contributed by atoms with Crippen LogP contribution in [-0.2, 0) is 0 Å². The molecule has 1 saturated heterocycles. The van der Waals surface area contributed by atoms with E-state index in [-0.39, 0.29) is 0 Å². The molecule has 0 aromatic carbocycles. The molecule has 2 atom stereocenters. The van der Waals surface area contributed by atoms with Gasteiger partial charge in [-0.3, -0.25) is 4.90 Å². The van der Waals surface area contributed by atoms with Gasteiger partial charge in [-0.25, -0.2) is 0 Å². The van der Waals surface area contributed by atoms with Crippen molar-refractivity contribution in [2.24, 2.45) is 5.73 Å². The summed E-state index contributed by atoms with van der Waals surface area (Å²) in [6, 6.07) is 0.907. The predicted molar refractivity (Wildman–Crippen MR) is 68.4 cm³/mol. The van der Waals surface area contributed by atoms with Gasteiger partial charge in [0, 0.05) is 18.7 Å². The van der Waals surface area contributed by atoms with Crippen LogP contribution in [0.5, 0.6) is 0 Å². The van der Waals surface area contributed by atoms with Crippen molar-refractivity contribution < 1.29 is 5.11 Å². The Morgan fingerprint density at radius 3 is 2.69 bits per heavy atom. The zero-order chi connectivity index (χ0) is 11.8. The van der Waals surface area contributed by atoms with E-state index in [0.29, 0.717) is 18.7 Å². The van der Waals surface area contributed by atoms with E-state index in [9.17, 15) is 0 Å². The van der Waals surface area contributed by atoms with Crippen molar-refractivity contribution in [2.75, 3.05) is 19.7 Å². The van der Waals surface area contributed by atoms with Crippen molar-refractivity contribution in [3.05, 3.63) is 0 Å². The highest BCUT2D eigenvalue weighted by atomic mass is 16.2. The molecule has 2 unspecified atom stereocenters. The van der Waals surface area contributed by atoms with Crippen LogP contribution in [0.3, 0.4) is 0 Å². The van der Waals surface area contributed by atoms with Gasteiger partial charge in [-0.05, 0) is 45.7 Å². The Morgan fingerprint density at radius 2 is 2.00 bits per heavy atom. The molecule has 0 radical (unpaired) electrons. The minimum Gasteiger partial charge on any atom is -0.396 e. The van der Waals surface area contributed by atoms with E-state index in [1.165, 1.54) is 45.2 Å². The molecule has 3 N–H and O–H groups in total. The molecule has 0 bridgehead atoms. The average Bonchev–Trinajstić information content (AvgIpc) is 2.29. The Hall–Kier alpha value is -0.120. The van der Waals surface area contributed by atoms with E-state index in [0.717, 1.165) is 12.8 Å². The van der Waals surface area contributed by atoms with E-state index in [1.54, 1.807) is 0 Å². The average molecular weight is 228 g/mol. The van der Waals surface area contributed by atoms with Gasteiger partial charge in [0.2, 0.25) is 0 Å². The SMILES string of the molecule is CC(N)C1CCCCN1CCCCCCO. The molecule has 3 heteroatoms. The van der Waals surface area contributed by atoms with E-state index in [1.807, 2.05) is 0 Å². The minimum atomic E-state index is 0.303. The highest BCUT2D eigenvalue weighted by Crippen LogP contribution is 2.19. The van der Waals surface area contributed by atoms with Crippen molar-refractivity contribution in [1.82, 2.24) is 4.90 Å². The van der Waals surface area contributed by atoms with Crippen LogP contribution in [0.2, 0.25) is 0 Å². The van der Waals surface area contributed by atoms with Crippen LogP contribution >= 0.6 is 0 Å². The number of aliphatic hydroxyl groups is 1. The van der Waals surface area contributed by atoms with E-state index in [2.05, 4.69) is 11.8 Å². The zero-order valence-corrected chi connectivity index (χ0v) is 10.7. The molecular formula is C13H28N2O. The van der Waals surface area contributed by atoms with Crippen molar-refractivity contribution in [3.63, 3.8) is 0 Å². The van der Waals surface area contributed by atoms with Crippen molar-refractivity contribution >= 4 is 0 Å². The fraction of sp³-hybridized carbons (Fsp3) is 1.00. The molecule has 0 amide bonds. The monoisotopic (exact) mass is 228 g/mol. The van der Waals surface area contributed by atoms with Crippen LogP contribution in [0.4, 0.5) is 0 Å². The Morgan fingerprint density at radius 1 is 1.25 bits per heavy atom. The zero-order valence-electron chi connectivity index (χ0n) is 10.7. The Balaban J connectivity index is 2.17. The number of rotatable bonds is 7. The molecular weight excluding hydrogens is 200 g/mol. The second-order valence-corrected chi connectivity index (χ2v) is 5.10. The van der Waals surface area contributed by atoms with Crippen LogP contribution in [-0.4, -0.2) is 41.8 Å². The minimum absolute atomic E-state index is 0.303. The highest BCUT2D eigenvalue weighted by Gasteiger charge is 2.24. The van der Waals surface area contributed by atoms with Crippen LogP contribution < -0.4 is 5.73 Å². The number of likely N-dealkylation sites (tertiary alicyclic amines) is 1. The van der Waals surface area contributed by atoms with Gasteiger partial charge in [-0.15, -0.1) is 0 Å². The standard InChI is InChI=1S/C13H28N2O/c1-12(14)13-8-4-6-10-15(13)9-5-2-3-7-11-16/h12-13,16H,2-11,14H2,1H3. The lowest BCUT2D eigenvalue weighted by molar-refractivity contribution is 0.128. The molecule has 0 aromatic heterocycles. The fourth-order valence-corrected chi connectivity index (χ4v) is 2.67. The summed E-state index contributed by atoms with van der Waals surface area (Å²) >= 11 is 0. The first-order chi connectivity index (χ1) is 7.75. The Kier molecular flexibility index (Phi) is 7.01. The summed E-state index contributed by atoms with van der Waals surface area (Å²) in [6.07, 6.45) is 8.55. The maximum atomic E-state index is 8.70. The second kappa shape index (κ2) is 8.04. The van der Waals surface area contributed by atoms with Crippen molar-refractivity contribution in [2.45, 2.75) is 64.0 Å². The number of nitrogens with two attached hydrogens (primary N) is 1. The summed E-state index contributed by atoms with van der Waals surface area (Å²) in [5.74, 6) is 0. The van der Waals surface area contributed by atoms with Gasteiger partial charge in [-0.1, -0.05) is 19.3 Å². The third-order valence-corrected chi connectivity index (χ3v) is 3.62. The van der Waals surface area contributed by atoms with Gasteiger partial charge in [0.15, 0.2) is 0 Å². The molecule has 0 aliphatic carbocycles. The Labute approximate surface area is 100 Å². The van der Waals surface area contributed by atoms with Gasteiger partial charge in [-0.2, -0.15) is 0 Å². The summed E-state index contributed by atoms with van der Waals surface area (Å²) in [4.78, 5) is 2.58. The Bertz CT molecular complexity index is 173. The lowest BCUT2D eigenvalue weighted by atomic mass is 9.96. The summed E-state index contributed by atoms with van der Waals surface area (Å²) in [5, 5.41) is 8.70. The third-order valence-electron chi connectivity index (χ3n) is 3.62. The predicted octanol–water partition coefficient (Wildman–Crippen LogP) is 1.74. The van der Waals surface area contributed by atoms with Crippen molar-refractivity contribution in [3.8, 4) is 0 Å². The molecule has 1 aliphatic rings. The number of hydrogen-bond donors (Lipinski definition) is 2. The van der Waals surface area contributed by atoms with Crippen LogP contribution in [0.25, 0.3) is 0 Å². The number of hydrogen-bond acceptors (Lipinski definition) is 3. The molecule has 16 heavy (non-hydrogen) atoms. The lowest BCUT2D eigenvalue weighted by Crippen LogP contribution is -2.49. The maximum absolute atomic E-state index is 8.70. The molecule has 0 saturated carbocycles. The topological polar surface area (TPSA) is 49.5 Å². The van der Waals surface area contributed by atoms with Gasteiger partial charge < -0.3 is 10.8 Å². The molecule has 3 nitrogen and oxygen atoms in total. The number of piperidine rings is 1. The first-order valence-electron chi connectivity index (χ1n) is 6.86. The molecule has 1 heterocycles. The summed E-state index contributed by atoms with van der Waals surface area (Å²) in [5.41, 5.74) is 6.03. The van der Waals surface area contributed by atoms with E-state index in [4.69, 9.17) is 10.8 Å². The third kappa shape index (κ3) is 4.81. The summed E-state index contributed by atoms with van der Waals surface area (Å²) < 4.78 is 0. The van der Waals surface area contributed by atoms with Gasteiger partial charge >= 0.3 is 0 Å². The van der Waals surface area contributed by atoms with Gasteiger partial charge in [0.1, 0.15) is 0 Å². The van der Waals surface area contributed by atoms with Crippen molar-refractivity contribution in [1.29, 1.82) is 0 Å². The van der Waals surface area contributed by atoms with E-state index < -0.39 is 0 Å². The normalized spacial score (nSPS) is 24.6. The van der Waals surface area contributed by atoms with E-state index >= 15 is 0 Å². The summed E-state index contributed by atoms with van der Waals surface area (Å²) in [6.45, 7) is 4.89. The van der Waals surface area contributed by atoms with Gasteiger partial charge in [0.25, 0.3) is 0 Å². The molecule has 0 aromatic rings. The summed E-state index contributed by atoms with van der Waals surface area (Å²) in [7, 11) is 0. The fourth-order valence-electron chi connectivity index (χ4n) is 2.67. The van der Waals surface area contributed by atoms with Crippen LogP contribution in [0.1, 0.15) is 51.9 Å². The number of unbranched alkanes of at least 4 members (excludes halogenated alkanes) is 3. The molecule has 1 rings (SSSR count). The molecule has 96 valence electrons. The first-order valence-corrected chi connectivity index (χ1v) is 6.86. The van der Waals surface area contributed by atoms with Crippen LogP contribution in [0, 0.1) is 0 Å². The maximum Gasteiger partial charge on any atom is 0.0431 e. The molecule has 0 spiro atoms. The van der Waals surface area contributed by atoms with Gasteiger partial charge in [0.05, 0.1) is 0 Å². The van der Waals surface area contributed by atoms with Crippen LogP contribution in [0.15, 0.2) is 0 Å². The second-order valence-electron chi connectivity index (χ2n) is 5.10. The lowest BCUT2D eigenvalue weighted by Gasteiger charge is -2.38. The number of nitrogens with zero attached hydrogens (tertiary/aromatic N) is 1. The number of aliphatic hydroxyl groups excluding tert-OH is 1. The smallest absolute Gasteiger partial charge is 0.0431 e. The quantitative estimate of drug-likeness (QED) is 0.653. The highest BCUT2D eigenvalue weighted by molar-refractivity contribution is 4.82. The molecule has 1 aliphatic heterocycles. The molecule has 1 fully saturated rings. The largest absolute Gasteiger partial charge is 0.396 e.